The Morgan fingerprint density at radius 3 is 2.62 bits per heavy atom. The lowest BCUT2D eigenvalue weighted by Gasteiger charge is -2.01. The third-order valence-corrected chi connectivity index (χ3v) is 2.43. The minimum absolute atomic E-state index is 0.700. The second-order valence-electron chi connectivity index (χ2n) is 3.60. The smallest absolute Gasteiger partial charge is 0.151 e. The van der Waals surface area contributed by atoms with Gasteiger partial charge in [0.25, 0.3) is 0 Å². The van der Waals surface area contributed by atoms with Gasteiger partial charge in [-0.15, -0.1) is 0 Å². The van der Waals surface area contributed by atoms with Gasteiger partial charge in [0.2, 0.25) is 0 Å². The zero-order valence-corrected chi connectivity index (χ0v) is 9.13. The van der Waals surface area contributed by atoms with Crippen molar-refractivity contribution in [1.82, 2.24) is 9.97 Å². The molecule has 0 amide bonds. The van der Waals surface area contributed by atoms with Gasteiger partial charge < -0.3 is 0 Å². The maximum atomic E-state index is 4.38. The maximum Gasteiger partial charge on any atom is 0.151 e. The molecule has 0 aliphatic carbocycles. The molecule has 0 radical (unpaired) electrons. The predicted octanol–water partition coefficient (Wildman–Crippen LogP) is 2.90. The van der Waals surface area contributed by atoms with Crippen LogP contribution in [0, 0.1) is 0 Å². The fourth-order valence-electron chi connectivity index (χ4n) is 1.57. The van der Waals surface area contributed by atoms with E-state index in [-0.39, 0.29) is 0 Å². The second kappa shape index (κ2) is 5.21. The Labute approximate surface area is 95.7 Å². The summed E-state index contributed by atoms with van der Waals surface area (Å²) in [7, 11) is 0. The summed E-state index contributed by atoms with van der Waals surface area (Å²) in [5.74, 6) is 0.700. The first-order chi connectivity index (χ1) is 7.88. The number of hydrogen-bond donors (Lipinski definition) is 0. The molecule has 0 spiro atoms. The molecule has 16 heavy (non-hydrogen) atoms. The van der Waals surface area contributed by atoms with Crippen molar-refractivity contribution in [3.63, 3.8) is 0 Å². The summed E-state index contributed by atoms with van der Waals surface area (Å²) in [4.78, 5) is 8.46. The first-order valence-corrected chi connectivity index (χ1v) is 5.37. The van der Waals surface area contributed by atoms with Crippen LogP contribution in [0.4, 0.5) is 0 Å². The highest BCUT2D eigenvalue weighted by molar-refractivity contribution is 5.35. The fraction of sp³-hybridized carbons (Fsp3) is 0.143. The summed E-state index contributed by atoms with van der Waals surface area (Å²) in [5, 5.41) is 0. The van der Waals surface area contributed by atoms with Crippen LogP contribution >= 0.6 is 0 Å². The average Bonchev–Trinajstić information content (AvgIpc) is 2.38. The molecule has 0 saturated heterocycles. The molecule has 0 aliphatic rings. The van der Waals surface area contributed by atoms with Gasteiger partial charge in [0.1, 0.15) is 0 Å². The van der Waals surface area contributed by atoms with E-state index in [1.54, 1.807) is 12.3 Å². The van der Waals surface area contributed by atoms with Gasteiger partial charge in [-0.3, -0.25) is 0 Å². The van der Waals surface area contributed by atoms with Gasteiger partial charge in [0, 0.05) is 11.9 Å². The quantitative estimate of drug-likeness (QED) is 0.775. The first-order valence-electron chi connectivity index (χ1n) is 5.37. The molecule has 80 valence electrons. The molecule has 0 unspecified atom stereocenters. The van der Waals surface area contributed by atoms with Crippen molar-refractivity contribution < 1.29 is 0 Å². The summed E-state index contributed by atoms with van der Waals surface area (Å²) in [6.45, 7) is 3.67. The summed E-state index contributed by atoms with van der Waals surface area (Å²) in [6, 6.07) is 12.4. The van der Waals surface area contributed by atoms with Crippen LogP contribution in [0.1, 0.15) is 17.1 Å². The van der Waals surface area contributed by atoms with E-state index in [0.29, 0.717) is 5.82 Å². The zero-order valence-electron chi connectivity index (χ0n) is 9.13. The third-order valence-electron chi connectivity index (χ3n) is 2.43. The van der Waals surface area contributed by atoms with Gasteiger partial charge in [-0.1, -0.05) is 36.9 Å². The van der Waals surface area contributed by atoms with Crippen molar-refractivity contribution in [2.75, 3.05) is 0 Å². The van der Waals surface area contributed by atoms with Gasteiger partial charge in [0.15, 0.2) is 5.82 Å². The van der Waals surface area contributed by atoms with Crippen LogP contribution in [-0.4, -0.2) is 9.97 Å². The summed E-state index contributed by atoms with van der Waals surface area (Å²) >= 11 is 0. The molecule has 1 aromatic heterocycles. The van der Waals surface area contributed by atoms with Crippen LogP contribution in [-0.2, 0) is 12.8 Å². The van der Waals surface area contributed by atoms with Gasteiger partial charge in [0.05, 0.1) is 0 Å². The number of rotatable bonds is 4. The molecule has 0 aliphatic heterocycles. The fourth-order valence-corrected chi connectivity index (χ4v) is 1.57. The number of nitrogens with zero attached hydrogens (tertiary/aromatic N) is 2. The molecular formula is C14H14N2. The predicted molar refractivity (Wildman–Crippen MR) is 66.0 cm³/mol. The molecule has 1 heterocycles. The lowest BCUT2D eigenvalue weighted by molar-refractivity contribution is 0.895. The normalized spacial score (nSPS) is 10.0. The monoisotopic (exact) mass is 210 g/mol. The minimum atomic E-state index is 0.700. The minimum Gasteiger partial charge on any atom is -0.237 e. The number of aromatic nitrogens is 2. The lowest BCUT2D eigenvalue weighted by atomic mass is 10.1. The maximum absolute atomic E-state index is 4.38. The number of aryl methyl sites for hydroxylation is 2. The number of hydrogen-bond acceptors (Lipinski definition) is 2. The highest BCUT2D eigenvalue weighted by atomic mass is 14.9. The largest absolute Gasteiger partial charge is 0.237 e. The van der Waals surface area contributed by atoms with Crippen molar-refractivity contribution >= 4 is 6.08 Å². The summed E-state index contributed by atoms with van der Waals surface area (Å²) in [5.41, 5.74) is 2.40. The van der Waals surface area contributed by atoms with E-state index in [9.17, 15) is 0 Å². The molecule has 2 aromatic rings. The van der Waals surface area contributed by atoms with E-state index >= 15 is 0 Å². The Morgan fingerprint density at radius 2 is 1.88 bits per heavy atom. The van der Waals surface area contributed by atoms with Crippen molar-refractivity contribution in [2.45, 2.75) is 12.8 Å². The van der Waals surface area contributed by atoms with Gasteiger partial charge in [-0.2, -0.15) is 0 Å². The van der Waals surface area contributed by atoms with Crippen LogP contribution in [0.3, 0.4) is 0 Å². The Balaban J connectivity index is 2.02. The Morgan fingerprint density at radius 1 is 1.06 bits per heavy atom. The van der Waals surface area contributed by atoms with Crippen LogP contribution < -0.4 is 0 Å². The lowest BCUT2D eigenvalue weighted by Crippen LogP contribution is -1.97. The van der Waals surface area contributed by atoms with E-state index < -0.39 is 0 Å². The molecule has 0 bridgehead atoms. The van der Waals surface area contributed by atoms with Crippen molar-refractivity contribution in [1.29, 1.82) is 0 Å². The SMILES string of the molecule is C=Cc1nccc(CCc2ccccc2)n1. The standard InChI is InChI=1S/C14H14N2/c1-2-14-15-11-10-13(16-14)9-8-12-6-4-3-5-7-12/h2-7,10-11H,1,8-9H2. The topological polar surface area (TPSA) is 25.8 Å². The molecule has 1 aromatic carbocycles. The molecule has 0 atom stereocenters. The molecule has 2 nitrogen and oxygen atoms in total. The van der Waals surface area contributed by atoms with E-state index in [2.05, 4.69) is 40.8 Å². The van der Waals surface area contributed by atoms with Gasteiger partial charge in [-0.05, 0) is 30.5 Å². The van der Waals surface area contributed by atoms with Crippen LogP contribution in [0.25, 0.3) is 6.08 Å². The summed E-state index contributed by atoms with van der Waals surface area (Å²) in [6.07, 6.45) is 5.40. The van der Waals surface area contributed by atoms with E-state index in [0.717, 1.165) is 18.5 Å². The average molecular weight is 210 g/mol. The molecular weight excluding hydrogens is 196 g/mol. The molecule has 0 fully saturated rings. The number of benzene rings is 1. The Kier molecular flexibility index (Phi) is 3.44. The van der Waals surface area contributed by atoms with Gasteiger partial charge in [-0.25, -0.2) is 9.97 Å². The van der Waals surface area contributed by atoms with Crippen molar-refractivity contribution in [3.05, 3.63) is 66.3 Å². The van der Waals surface area contributed by atoms with Gasteiger partial charge >= 0.3 is 0 Å². The van der Waals surface area contributed by atoms with E-state index in [4.69, 9.17) is 0 Å². The van der Waals surface area contributed by atoms with Crippen LogP contribution in [0.5, 0.6) is 0 Å². The Bertz CT molecular complexity index is 463. The first kappa shape index (κ1) is 10.6. The highest BCUT2D eigenvalue weighted by Gasteiger charge is 1.97. The molecule has 2 rings (SSSR count). The third kappa shape index (κ3) is 2.76. The van der Waals surface area contributed by atoms with Crippen molar-refractivity contribution in [2.24, 2.45) is 0 Å². The molecule has 0 saturated carbocycles. The van der Waals surface area contributed by atoms with E-state index in [1.807, 2.05) is 12.1 Å². The molecule has 2 heteroatoms. The molecule has 0 N–H and O–H groups in total. The van der Waals surface area contributed by atoms with E-state index in [1.165, 1.54) is 5.56 Å². The van der Waals surface area contributed by atoms with Crippen LogP contribution in [0.15, 0.2) is 49.2 Å². The second-order valence-corrected chi connectivity index (χ2v) is 3.60. The zero-order chi connectivity index (χ0) is 11.2. The Hall–Kier alpha value is -1.96. The van der Waals surface area contributed by atoms with Crippen LogP contribution in [0.2, 0.25) is 0 Å². The van der Waals surface area contributed by atoms with Crippen molar-refractivity contribution in [3.8, 4) is 0 Å². The highest BCUT2D eigenvalue weighted by Crippen LogP contribution is 2.05. The summed E-state index contributed by atoms with van der Waals surface area (Å²) < 4.78 is 0.